The first kappa shape index (κ1) is 13.3. The van der Waals surface area contributed by atoms with Gasteiger partial charge in [-0.3, -0.25) is 4.79 Å². The Balaban J connectivity index is 1.54. The van der Waals surface area contributed by atoms with Crippen molar-refractivity contribution in [1.29, 1.82) is 0 Å². The van der Waals surface area contributed by atoms with E-state index < -0.39 is 0 Å². The Morgan fingerprint density at radius 3 is 2.89 bits per heavy atom. The SMILES string of the molecule is NC[C@H]1CC[C@@H](C(=O)NC2CCCC3OCCC23)O1. The highest BCUT2D eigenvalue weighted by atomic mass is 16.5. The lowest BCUT2D eigenvalue weighted by Crippen LogP contribution is -2.49. The molecule has 0 spiro atoms. The van der Waals surface area contributed by atoms with Gasteiger partial charge >= 0.3 is 0 Å². The van der Waals surface area contributed by atoms with Gasteiger partial charge in [0.05, 0.1) is 12.2 Å². The molecule has 2 heterocycles. The minimum Gasteiger partial charge on any atom is -0.378 e. The van der Waals surface area contributed by atoms with Crippen LogP contribution in [0.3, 0.4) is 0 Å². The molecule has 0 aromatic rings. The van der Waals surface area contributed by atoms with Crippen LogP contribution in [0.4, 0.5) is 0 Å². The number of hydrogen-bond donors (Lipinski definition) is 2. The standard InChI is InChI=1S/C14H24N2O3/c15-8-9-4-5-13(19-9)14(17)16-11-2-1-3-12-10(11)6-7-18-12/h9-13H,1-8,15H2,(H,16,17)/t9-,10?,11?,12?,13+/m1/s1. The van der Waals surface area contributed by atoms with Crippen LogP contribution >= 0.6 is 0 Å². The van der Waals surface area contributed by atoms with Gasteiger partial charge in [0, 0.05) is 25.1 Å². The lowest BCUT2D eigenvalue weighted by atomic mass is 9.81. The number of nitrogens with two attached hydrogens (primary N) is 1. The number of nitrogens with one attached hydrogen (secondary N) is 1. The van der Waals surface area contributed by atoms with E-state index in [0.29, 0.717) is 18.6 Å². The number of carbonyl (C=O) groups is 1. The lowest BCUT2D eigenvalue weighted by molar-refractivity contribution is -0.133. The van der Waals surface area contributed by atoms with Crippen molar-refractivity contribution in [2.24, 2.45) is 11.7 Å². The number of rotatable bonds is 3. The van der Waals surface area contributed by atoms with E-state index in [9.17, 15) is 4.79 Å². The third kappa shape index (κ3) is 2.78. The molecule has 1 aliphatic carbocycles. The second-order valence-electron chi connectivity index (χ2n) is 5.97. The van der Waals surface area contributed by atoms with Gasteiger partial charge in [-0.1, -0.05) is 0 Å². The van der Waals surface area contributed by atoms with Crippen molar-refractivity contribution in [1.82, 2.24) is 5.32 Å². The molecule has 3 fully saturated rings. The molecule has 5 heteroatoms. The van der Waals surface area contributed by atoms with E-state index in [1.807, 2.05) is 0 Å². The van der Waals surface area contributed by atoms with Crippen molar-refractivity contribution in [3.63, 3.8) is 0 Å². The highest BCUT2D eigenvalue weighted by Crippen LogP contribution is 2.34. The molecule has 5 atom stereocenters. The Morgan fingerprint density at radius 2 is 2.11 bits per heavy atom. The van der Waals surface area contributed by atoms with Gasteiger partial charge < -0.3 is 20.5 Å². The van der Waals surface area contributed by atoms with Crippen LogP contribution in [0.1, 0.15) is 38.5 Å². The predicted octanol–water partition coefficient (Wildman–Crippen LogP) is 0.566. The Hall–Kier alpha value is -0.650. The maximum atomic E-state index is 12.2. The summed E-state index contributed by atoms with van der Waals surface area (Å²) in [4.78, 5) is 12.2. The molecule has 3 unspecified atom stereocenters. The zero-order valence-electron chi connectivity index (χ0n) is 11.3. The first-order valence-corrected chi connectivity index (χ1v) is 7.55. The molecule has 1 saturated carbocycles. The fraction of sp³-hybridized carbons (Fsp3) is 0.929. The van der Waals surface area contributed by atoms with Gasteiger partial charge in [0.15, 0.2) is 0 Å². The minimum absolute atomic E-state index is 0.0495. The minimum atomic E-state index is -0.295. The number of hydrogen-bond acceptors (Lipinski definition) is 4. The first-order chi connectivity index (χ1) is 9.28. The zero-order chi connectivity index (χ0) is 13.2. The van der Waals surface area contributed by atoms with E-state index in [4.69, 9.17) is 15.2 Å². The average molecular weight is 268 g/mol. The molecule has 5 nitrogen and oxygen atoms in total. The van der Waals surface area contributed by atoms with Gasteiger partial charge in [0.25, 0.3) is 0 Å². The summed E-state index contributed by atoms with van der Waals surface area (Å²) < 4.78 is 11.4. The fourth-order valence-corrected chi connectivity index (χ4v) is 3.70. The quantitative estimate of drug-likeness (QED) is 0.784. The summed E-state index contributed by atoms with van der Waals surface area (Å²) in [5.41, 5.74) is 5.58. The Morgan fingerprint density at radius 1 is 1.21 bits per heavy atom. The van der Waals surface area contributed by atoms with E-state index in [2.05, 4.69) is 5.32 Å². The molecular weight excluding hydrogens is 244 g/mol. The van der Waals surface area contributed by atoms with Gasteiger partial charge in [0.1, 0.15) is 6.10 Å². The summed E-state index contributed by atoms with van der Waals surface area (Å²) in [6, 6.07) is 0.272. The number of ether oxygens (including phenoxy) is 2. The van der Waals surface area contributed by atoms with Crippen LogP contribution < -0.4 is 11.1 Å². The molecule has 1 amide bonds. The molecule has 0 aromatic heterocycles. The molecule has 2 saturated heterocycles. The molecule has 0 aromatic carbocycles. The average Bonchev–Trinajstić information content (AvgIpc) is 3.08. The zero-order valence-corrected chi connectivity index (χ0v) is 11.3. The van der Waals surface area contributed by atoms with Crippen molar-refractivity contribution in [2.75, 3.05) is 13.2 Å². The third-order valence-corrected chi connectivity index (χ3v) is 4.77. The Bertz CT molecular complexity index is 337. The van der Waals surface area contributed by atoms with Gasteiger partial charge in [-0.25, -0.2) is 0 Å². The summed E-state index contributed by atoms with van der Waals surface area (Å²) in [6.07, 6.45) is 6.26. The molecule has 3 aliphatic rings. The molecule has 0 bridgehead atoms. The van der Waals surface area contributed by atoms with Gasteiger partial charge in [-0.15, -0.1) is 0 Å². The Labute approximate surface area is 114 Å². The largest absolute Gasteiger partial charge is 0.378 e. The van der Waals surface area contributed by atoms with Crippen LogP contribution in [0.15, 0.2) is 0 Å². The molecule has 0 radical (unpaired) electrons. The van der Waals surface area contributed by atoms with Crippen LogP contribution in [0.2, 0.25) is 0 Å². The molecule has 108 valence electrons. The van der Waals surface area contributed by atoms with Gasteiger partial charge in [0.2, 0.25) is 5.91 Å². The third-order valence-electron chi connectivity index (χ3n) is 4.77. The monoisotopic (exact) mass is 268 g/mol. The molecule has 19 heavy (non-hydrogen) atoms. The summed E-state index contributed by atoms with van der Waals surface area (Å²) in [7, 11) is 0. The van der Waals surface area contributed by atoms with Crippen LogP contribution in [0.25, 0.3) is 0 Å². The maximum Gasteiger partial charge on any atom is 0.249 e. The summed E-state index contributed by atoms with van der Waals surface area (Å²) in [5, 5.41) is 3.19. The highest BCUT2D eigenvalue weighted by molar-refractivity contribution is 5.81. The number of amides is 1. The molecule has 2 aliphatic heterocycles. The summed E-state index contributed by atoms with van der Waals surface area (Å²) >= 11 is 0. The highest BCUT2D eigenvalue weighted by Gasteiger charge is 2.39. The Kier molecular flexibility index (Phi) is 4.05. The van der Waals surface area contributed by atoms with Crippen LogP contribution in [-0.2, 0) is 14.3 Å². The number of carbonyl (C=O) groups excluding carboxylic acids is 1. The van der Waals surface area contributed by atoms with E-state index in [1.165, 1.54) is 0 Å². The normalized spacial score (nSPS) is 42.1. The second kappa shape index (κ2) is 5.77. The topological polar surface area (TPSA) is 73.6 Å². The predicted molar refractivity (Wildman–Crippen MR) is 70.6 cm³/mol. The first-order valence-electron chi connectivity index (χ1n) is 7.55. The van der Waals surface area contributed by atoms with Crippen LogP contribution in [0, 0.1) is 5.92 Å². The molecule has 3 rings (SSSR count). The van der Waals surface area contributed by atoms with Crippen molar-refractivity contribution in [2.45, 2.75) is 62.9 Å². The van der Waals surface area contributed by atoms with Crippen LogP contribution in [-0.4, -0.2) is 43.4 Å². The lowest BCUT2D eigenvalue weighted by Gasteiger charge is -2.33. The summed E-state index contributed by atoms with van der Waals surface area (Å²) in [6.45, 7) is 1.35. The van der Waals surface area contributed by atoms with Crippen molar-refractivity contribution < 1.29 is 14.3 Å². The maximum absolute atomic E-state index is 12.2. The van der Waals surface area contributed by atoms with Crippen molar-refractivity contribution in [3.05, 3.63) is 0 Å². The fourth-order valence-electron chi connectivity index (χ4n) is 3.70. The number of fused-ring (bicyclic) bond motifs is 1. The van der Waals surface area contributed by atoms with Crippen molar-refractivity contribution in [3.8, 4) is 0 Å². The summed E-state index contributed by atoms with van der Waals surface area (Å²) in [5.74, 6) is 0.554. The molecule has 3 N–H and O–H groups in total. The smallest absolute Gasteiger partial charge is 0.249 e. The molecular formula is C14H24N2O3. The van der Waals surface area contributed by atoms with E-state index in [-0.39, 0.29) is 24.2 Å². The van der Waals surface area contributed by atoms with E-state index >= 15 is 0 Å². The van der Waals surface area contributed by atoms with Crippen molar-refractivity contribution >= 4 is 5.91 Å². The van der Waals surface area contributed by atoms with Gasteiger partial charge in [-0.05, 0) is 38.5 Å². The van der Waals surface area contributed by atoms with E-state index in [1.54, 1.807) is 0 Å². The second-order valence-corrected chi connectivity index (χ2v) is 5.97. The van der Waals surface area contributed by atoms with Crippen LogP contribution in [0.5, 0.6) is 0 Å². The van der Waals surface area contributed by atoms with Gasteiger partial charge in [-0.2, -0.15) is 0 Å². The van der Waals surface area contributed by atoms with E-state index in [0.717, 1.165) is 45.1 Å².